The number of hydrogen-bond acceptors (Lipinski definition) is 0. The van der Waals surface area contributed by atoms with Crippen LogP contribution in [-0.2, 0) is 0 Å². The van der Waals surface area contributed by atoms with Gasteiger partial charge in [-0.3, -0.25) is 0 Å². The van der Waals surface area contributed by atoms with Gasteiger partial charge in [0.05, 0.1) is 22.1 Å². The van der Waals surface area contributed by atoms with Crippen molar-refractivity contribution in [3.63, 3.8) is 0 Å². The van der Waals surface area contributed by atoms with Crippen LogP contribution in [-0.4, -0.2) is 9.55 Å². The monoisotopic (exact) mass is 358 g/mol. The molecule has 2 aromatic heterocycles. The van der Waals surface area contributed by atoms with Gasteiger partial charge in [-0.15, -0.1) is 0 Å². The Hall–Kier alpha value is -3.78. The molecule has 2 nitrogen and oxygen atoms in total. The summed E-state index contributed by atoms with van der Waals surface area (Å²) in [5.74, 6) is 0. The minimum Gasteiger partial charge on any atom is -0.352 e. The number of aromatic amines is 1. The van der Waals surface area contributed by atoms with E-state index >= 15 is 0 Å². The van der Waals surface area contributed by atoms with Gasteiger partial charge >= 0.3 is 0 Å². The van der Waals surface area contributed by atoms with E-state index in [1.165, 1.54) is 43.8 Å². The first kappa shape index (κ1) is 15.3. The third-order valence-corrected chi connectivity index (χ3v) is 5.71. The molecule has 0 aliphatic rings. The maximum atomic E-state index is 3.99. The summed E-state index contributed by atoms with van der Waals surface area (Å²) in [6.45, 7) is 3.99. The highest BCUT2D eigenvalue weighted by Crippen LogP contribution is 2.39. The van der Waals surface area contributed by atoms with Crippen LogP contribution in [0, 0.1) is 0 Å². The van der Waals surface area contributed by atoms with Crippen LogP contribution in [0.25, 0.3) is 55.4 Å². The van der Waals surface area contributed by atoms with Crippen molar-refractivity contribution in [1.29, 1.82) is 0 Å². The fourth-order valence-electron chi connectivity index (χ4n) is 4.48. The van der Waals surface area contributed by atoms with E-state index in [0.717, 1.165) is 11.1 Å². The standard InChI is InChI=1S/C26H18N2/c1-2-17-9-8-13-20-21-15-16-22-19-12-6-7-14-23(19)28(18-10-4-3-5-11-18)26(22)25(21)27-24(17)20/h2-16,27H,1H2. The van der Waals surface area contributed by atoms with Gasteiger partial charge in [0, 0.05) is 27.2 Å². The van der Waals surface area contributed by atoms with Gasteiger partial charge in [0.2, 0.25) is 0 Å². The number of H-pyrrole nitrogens is 1. The molecule has 0 aliphatic carbocycles. The summed E-state index contributed by atoms with van der Waals surface area (Å²) in [4.78, 5) is 3.72. The second-order valence-electron chi connectivity index (χ2n) is 7.17. The average Bonchev–Trinajstić information content (AvgIpc) is 3.30. The van der Waals surface area contributed by atoms with Crippen LogP contribution in [0.2, 0.25) is 0 Å². The van der Waals surface area contributed by atoms with E-state index < -0.39 is 0 Å². The molecular formula is C26H18N2. The topological polar surface area (TPSA) is 20.7 Å². The van der Waals surface area contributed by atoms with E-state index in [0.29, 0.717) is 0 Å². The van der Waals surface area contributed by atoms with E-state index in [9.17, 15) is 0 Å². The first-order chi connectivity index (χ1) is 13.9. The van der Waals surface area contributed by atoms with Crippen molar-refractivity contribution in [3.8, 4) is 5.69 Å². The lowest BCUT2D eigenvalue weighted by molar-refractivity contribution is 1.18. The maximum absolute atomic E-state index is 3.99. The quantitative estimate of drug-likeness (QED) is 0.342. The van der Waals surface area contributed by atoms with Crippen LogP contribution in [0.1, 0.15) is 5.56 Å². The summed E-state index contributed by atoms with van der Waals surface area (Å²) in [5, 5.41) is 5.01. The summed E-state index contributed by atoms with van der Waals surface area (Å²) in [5.41, 5.74) is 7.05. The van der Waals surface area contributed by atoms with E-state index in [1.54, 1.807) is 0 Å². The summed E-state index contributed by atoms with van der Waals surface area (Å²) < 4.78 is 2.37. The van der Waals surface area contributed by atoms with Gasteiger partial charge in [0.1, 0.15) is 0 Å². The molecule has 28 heavy (non-hydrogen) atoms. The first-order valence-electron chi connectivity index (χ1n) is 9.51. The van der Waals surface area contributed by atoms with Crippen molar-refractivity contribution in [2.75, 3.05) is 0 Å². The number of fused-ring (bicyclic) bond motifs is 7. The van der Waals surface area contributed by atoms with Crippen molar-refractivity contribution in [2.24, 2.45) is 0 Å². The van der Waals surface area contributed by atoms with Crippen LogP contribution >= 0.6 is 0 Å². The first-order valence-corrected chi connectivity index (χ1v) is 9.51. The van der Waals surface area contributed by atoms with Gasteiger partial charge < -0.3 is 9.55 Å². The van der Waals surface area contributed by atoms with E-state index in [2.05, 4.69) is 101 Å². The molecule has 6 rings (SSSR count). The molecule has 4 aromatic carbocycles. The smallest absolute Gasteiger partial charge is 0.0783 e. The molecular weight excluding hydrogens is 340 g/mol. The molecule has 2 heteroatoms. The second-order valence-corrected chi connectivity index (χ2v) is 7.17. The lowest BCUT2D eigenvalue weighted by Crippen LogP contribution is -1.93. The molecule has 0 saturated carbocycles. The van der Waals surface area contributed by atoms with Gasteiger partial charge in [-0.2, -0.15) is 0 Å². The number of nitrogens with zero attached hydrogens (tertiary/aromatic N) is 1. The van der Waals surface area contributed by atoms with Crippen LogP contribution in [0.15, 0.2) is 91.5 Å². The van der Waals surface area contributed by atoms with Gasteiger partial charge in [0.25, 0.3) is 0 Å². The average molecular weight is 358 g/mol. The van der Waals surface area contributed by atoms with E-state index in [4.69, 9.17) is 0 Å². The number of nitrogens with one attached hydrogen (secondary N) is 1. The van der Waals surface area contributed by atoms with Gasteiger partial charge in [0.15, 0.2) is 0 Å². The Morgan fingerprint density at radius 2 is 1.36 bits per heavy atom. The van der Waals surface area contributed by atoms with Crippen molar-refractivity contribution >= 4 is 49.7 Å². The number of aromatic nitrogens is 2. The van der Waals surface area contributed by atoms with Crippen LogP contribution in [0.4, 0.5) is 0 Å². The minimum absolute atomic E-state index is 1.13. The van der Waals surface area contributed by atoms with Crippen LogP contribution in [0.3, 0.4) is 0 Å². The molecule has 6 aromatic rings. The Labute approximate surface area is 162 Å². The maximum Gasteiger partial charge on any atom is 0.0783 e. The predicted octanol–water partition coefficient (Wildman–Crippen LogP) is 7.06. The third kappa shape index (κ3) is 1.92. The summed E-state index contributed by atoms with van der Waals surface area (Å²) in [7, 11) is 0. The molecule has 0 amide bonds. The molecule has 0 atom stereocenters. The minimum atomic E-state index is 1.13. The third-order valence-electron chi connectivity index (χ3n) is 5.71. The Morgan fingerprint density at radius 3 is 2.21 bits per heavy atom. The highest BCUT2D eigenvalue weighted by Gasteiger charge is 2.17. The molecule has 0 spiro atoms. The molecule has 0 aliphatic heterocycles. The molecule has 0 fully saturated rings. The molecule has 132 valence electrons. The molecule has 0 radical (unpaired) electrons. The van der Waals surface area contributed by atoms with E-state index in [-0.39, 0.29) is 0 Å². The van der Waals surface area contributed by atoms with Crippen molar-refractivity contribution < 1.29 is 0 Å². The Kier molecular flexibility index (Phi) is 3.06. The zero-order valence-electron chi connectivity index (χ0n) is 15.3. The second kappa shape index (κ2) is 5.61. The number of hydrogen-bond donors (Lipinski definition) is 1. The Bertz CT molecular complexity index is 1510. The lowest BCUT2D eigenvalue weighted by Gasteiger charge is -2.08. The van der Waals surface area contributed by atoms with Gasteiger partial charge in [-0.1, -0.05) is 79.4 Å². The van der Waals surface area contributed by atoms with E-state index in [1.807, 2.05) is 6.08 Å². The summed E-state index contributed by atoms with van der Waals surface area (Å²) in [6.07, 6.45) is 1.92. The van der Waals surface area contributed by atoms with Gasteiger partial charge in [-0.25, -0.2) is 0 Å². The molecule has 0 unspecified atom stereocenters. The number of rotatable bonds is 2. The number of benzene rings is 4. The van der Waals surface area contributed by atoms with Crippen molar-refractivity contribution in [3.05, 3.63) is 97.1 Å². The number of para-hydroxylation sites is 3. The summed E-state index contributed by atoms with van der Waals surface area (Å²) >= 11 is 0. The normalized spacial score (nSPS) is 11.7. The van der Waals surface area contributed by atoms with Crippen molar-refractivity contribution in [1.82, 2.24) is 9.55 Å². The molecule has 0 bridgehead atoms. The highest BCUT2D eigenvalue weighted by molar-refractivity contribution is 6.23. The fraction of sp³-hybridized carbons (Fsp3) is 0. The molecule has 2 heterocycles. The fourth-order valence-corrected chi connectivity index (χ4v) is 4.48. The lowest BCUT2D eigenvalue weighted by atomic mass is 10.1. The van der Waals surface area contributed by atoms with Crippen molar-refractivity contribution in [2.45, 2.75) is 0 Å². The Morgan fingerprint density at radius 1 is 0.643 bits per heavy atom. The van der Waals surface area contributed by atoms with Crippen LogP contribution in [0.5, 0.6) is 0 Å². The summed E-state index contributed by atoms with van der Waals surface area (Å²) in [6, 6.07) is 30.1. The molecule has 1 N–H and O–H groups in total. The largest absolute Gasteiger partial charge is 0.352 e. The predicted molar refractivity (Wildman–Crippen MR) is 120 cm³/mol. The van der Waals surface area contributed by atoms with Gasteiger partial charge in [-0.05, 0) is 23.8 Å². The SMILES string of the molecule is C=Cc1cccc2c1[nH]c1c2ccc2c3ccccc3n(-c3ccccc3)c21. The zero-order chi connectivity index (χ0) is 18.7. The Balaban J connectivity index is 1.90. The molecule has 0 saturated heterocycles. The zero-order valence-corrected chi connectivity index (χ0v) is 15.3. The highest BCUT2D eigenvalue weighted by atomic mass is 15.0. The van der Waals surface area contributed by atoms with Crippen LogP contribution < -0.4 is 0 Å².